The molecule has 1 saturated carbocycles. The first kappa shape index (κ1) is 19.5. The summed E-state index contributed by atoms with van der Waals surface area (Å²) in [6, 6.07) is 6.53. The monoisotopic (exact) mass is 432 g/mol. The Labute approximate surface area is 186 Å². The zero-order chi connectivity index (χ0) is 22.1. The van der Waals surface area contributed by atoms with Gasteiger partial charge in [-0.2, -0.15) is 5.10 Å². The van der Waals surface area contributed by atoms with Crippen LogP contribution >= 0.6 is 0 Å². The molecule has 1 unspecified atom stereocenters. The summed E-state index contributed by atoms with van der Waals surface area (Å²) in [6.07, 6.45) is 2.41. The summed E-state index contributed by atoms with van der Waals surface area (Å²) in [5.74, 6) is 2.71. The Morgan fingerprint density at radius 1 is 1.22 bits per heavy atom. The minimum absolute atomic E-state index is 0.0720. The van der Waals surface area contributed by atoms with Crippen molar-refractivity contribution in [1.29, 1.82) is 0 Å². The zero-order valence-electron chi connectivity index (χ0n) is 19.0. The first-order valence-corrected chi connectivity index (χ1v) is 11.4. The summed E-state index contributed by atoms with van der Waals surface area (Å²) in [5.41, 5.74) is 9.36. The number of nitrogens with one attached hydrogen (secondary N) is 1. The molecule has 8 nitrogen and oxygen atoms in total. The lowest BCUT2D eigenvalue weighted by Crippen LogP contribution is -2.37. The Morgan fingerprint density at radius 3 is 2.72 bits per heavy atom. The van der Waals surface area contributed by atoms with Gasteiger partial charge in [0.25, 0.3) is 0 Å². The van der Waals surface area contributed by atoms with Gasteiger partial charge >= 0.3 is 0 Å². The summed E-state index contributed by atoms with van der Waals surface area (Å²) in [7, 11) is 1.98. The number of amides is 1. The number of imidazole rings is 1. The van der Waals surface area contributed by atoms with Gasteiger partial charge in [-0.05, 0) is 38.8 Å². The highest BCUT2D eigenvalue weighted by atomic mass is 16.7. The molecule has 3 aliphatic rings. The molecular weight excluding hydrogens is 404 g/mol. The second-order valence-electron chi connectivity index (χ2n) is 9.25. The van der Waals surface area contributed by atoms with Crippen LogP contribution < -0.4 is 5.48 Å². The van der Waals surface area contributed by atoms with Crippen molar-refractivity contribution < 1.29 is 9.63 Å². The van der Waals surface area contributed by atoms with Crippen LogP contribution in [0.3, 0.4) is 0 Å². The number of nitrogens with zero attached hydrogens (tertiary/aromatic N) is 5. The molecule has 4 heterocycles. The normalized spacial score (nSPS) is 20.8. The van der Waals surface area contributed by atoms with Crippen molar-refractivity contribution in [2.24, 2.45) is 7.05 Å². The van der Waals surface area contributed by atoms with Crippen LogP contribution in [0.4, 0.5) is 0 Å². The molecular formula is C24H28N6O2. The molecule has 1 fully saturated rings. The molecule has 2 aliphatic heterocycles. The number of hydrogen-bond donors (Lipinski definition) is 1. The molecule has 1 amide bonds. The van der Waals surface area contributed by atoms with Gasteiger partial charge in [0.2, 0.25) is 5.91 Å². The van der Waals surface area contributed by atoms with Gasteiger partial charge < -0.3 is 14.3 Å². The third kappa shape index (κ3) is 2.89. The van der Waals surface area contributed by atoms with Crippen LogP contribution in [0.5, 0.6) is 0 Å². The first-order valence-electron chi connectivity index (χ1n) is 11.4. The van der Waals surface area contributed by atoms with Gasteiger partial charge in [-0.15, -0.1) is 5.48 Å². The molecule has 166 valence electrons. The molecule has 2 aromatic heterocycles. The van der Waals surface area contributed by atoms with E-state index in [1.165, 1.54) is 18.7 Å². The molecule has 0 bridgehead atoms. The fraction of sp³-hybridized carbons (Fsp3) is 0.458. The number of aryl methyl sites for hydroxylation is 1. The summed E-state index contributed by atoms with van der Waals surface area (Å²) in [5, 5.41) is 5.92. The second kappa shape index (κ2) is 6.93. The fourth-order valence-corrected chi connectivity index (χ4v) is 5.13. The molecule has 32 heavy (non-hydrogen) atoms. The summed E-state index contributed by atoms with van der Waals surface area (Å²) < 4.78 is 4.29. The quantitative estimate of drug-likeness (QED) is 0.687. The molecule has 8 heteroatoms. The lowest BCUT2D eigenvalue weighted by molar-refractivity contribution is -0.130. The molecule has 0 spiro atoms. The Morgan fingerprint density at radius 2 is 2.03 bits per heavy atom. The highest BCUT2D eigenvalue weighted by molar-refractivity contribution is 5.95. The largest absolute Gasteiger partial charge is 0.412 e. The van der Waals surface area contributed by atoms with E-state index < -0.39 is 0 Å². The molecule has 1 aliphatic carbocycles. The number of aromatic nitrogens is 4. The third-order valence-corrected chi connectivity index (χ3v) is 7.00. The van der Waals surface area contributed by atoms with Crippen molar-refractivity contribution in [3.63, 3.8) is 0 Å². The highest BCUT2D eigenvalue weighted by Crippen LogP contribution is 2.43. The van der Waals surface area contributed by atoms with Crippen LogP contribution in [0.15, 0.2) is 24.0 Å². The van der Waals surface area contributed by atoms with Crippen LogP contribution in [-0.2, 0) is 29.8 Å². The highest BCUT2D eigenvalue weighted by Gasteiger charge is 2.34. The van der Waals surface area contributed by atoms with Gasteiger partial charge in [0.15, 0.2) is 0 Å². The number of carbonyl (C=O) groups excluding carboxylic acids is 1. The van der Waals surface area contributed by atoms with Crippen molar-refractivity contribution in [2.75, 3.05) is 6.54 Å². The SMILES string of the molecule is CC(=O)N1CCn2c(C3CC3)nc(-c3ccc4c(c3)c(C3=C(C)ONC3C)nn4C)c2C1. The van der Waals surface area contributed by atoms with E-state index in [-0.39, 0.29) is 11.9 Å². The van der Waals surface area contributed by atoms with Gasteiger partial charge in [-0.3, -0.25) is 9.48 Å². The van der Waals surface area contributed by atoms with Crippen LogP contribution in [0.2, 0.25) is 0 Å². The zero-order valence-corrected chi connectivity index (χ0v) is 19.0. The Bertz CT molecular complexity index is 1300. The number of rotatable bonds is 3. The maximum atomic E-state index is 12.1. The van der Waals surface area contributed by atoms with E-state index in [4.69, 9.17) is 14.9 Å². The molecule has 1 atom stereocenters. The van der Waals surface area contributed by atoms with E-state index in [0.29, 0.717) is 12.5 Å². The average molecular weight is 433 g/mol. The van der Waals surface area contributed by atoms with Gasteiger partial charge in [0.1, 0.15) is 17.3 Å². The van der Waals surface area contributed by atoms with E-state index in [1.54, 1.807) is 6.92 Å². The molecule has 1 N–H and O–H groups in total. The first-order chi connectivity index (χ1) is 15.4. The van der Waals surface area contributed by atoms with Crippen molar-refractivity contribution >= 4 is 22.4 Å². The Hall–Kier alpha value is -3.13. The van der Waals surface area contributed by atoms with E-state index >= 15 is 0 Å². The van der Waals surface area contributed by atoms with E-state index in [1.807, 2.05) is 23.6 Å². The predicted molar refractivity (Wildman–Crippen MR) is 121 cm³/mol. The van der Waals surface area contributed by atoms with Crippen LogP contribution in [0, 0.1) is 0 Å². The van der Waals surface area contributed by atoms with Crippen LogP contribution in [0.25, 0.3) is 27.7 Å². The van der Waals surface area contributed by atoms with Crippen LogP contribution in [-0.4, -0.2) is 42.7 Å². The number of hydroxylamine groups is 1. The molecule has 3 aromatic rings. The van der Waals surface area contributed by atoms with E-state index in [2.05, 4.69) is 35.2 Å². The topological polar surface area (TPSA) is 77.2 Å². The van der Waals surface area contributed by atoms with Gasteiger partial charge in [-0.25, -0.2) is 4.98 Å². The van der Waals surface area contributed by atoms with Crippen LogP contribution in [0.1, 0.15) is 56.7 Å². The van der Waals surface area contributed by atoms with Gasteiger partial charge in [-0.1, -0.05) is 6.07 Å². The van der Waals surface area contributed by atoms with Gasteiger partial charge in [0, 0.05) is 49.5 Å². The maximum absolute atomic E-state index is 12.1. The van der Waals surface area contributed by atoms with E-state index in [0.717, 1.165) is 58.0 Å². The van der Waals surface area contributed by atoms with Crippen molar-refractivity contribution in [3.8, 4) is 11.3 Å². The second-order valence-corrected chi connectivity index (χ2v) is 9.25. The van der Waals surface area contributed by atoms with Crippen molar-refractivity contribution in [1.82, 2.24) is 29.7 Å². The molecule has 0 radical (unpaired) electrons. The summed E-state index contributed by atoms with van der Waals surface area (Å²) in [6.45, 7) is 7.89. The average Bonchev–Trinajstić information content (AvgIpc) is 3.38. The lowest BCUT2D eigenvalue weighted by Gasteiger charge is -2.28. The number of fused-ring (bicyclic) bond motifs is 2. The molecule has 1 aromatic carbocycles. The number of benzene rings is 1. The minimum Gasteiger partial charge on any atom is -0.412 e. The standard InChI is InChI=1S/C24H28N6O2/c1-13-21(14(2)32-27-13)23-18-11-17(7-8-19(18)28(4)26-23)22-20-12-29(15(3)31)9-10-30(20)24(25-22)16-5-6-16/h7-8,11,13,16,27H,5-6,9-10,12H2,1-4H3. The number of allylic oxidation sites excluding steroid dienone is 1. The fourth-order valence-electron chi connectivity index (χ4n) is 5.13. The number of hydrogen-bond acceptors (Lipinski definition) is 5. The van der Waals surface area contributed by atoms with Gasteiger partial charge in [0.05, 0.1) is 29.5 Å². The predicted octanol–water partition coefficient (Wildman–Crippen LogP) is 3.33. The maximum Gasteiger partial charge on any atom is 0.219 e. The Kier molecular flexibility index (Phi) is 4.24. The summed E-state index contributed by atoms with van der Waals surface area (Å²) >= 11 is 0. The minimum atomic E-state index is 0.0720. The Balaban J connectivity index is 1.52. The van der Waals surface area contributed by atoms with Crippen molar-refractivity contribution in [2.45, 2.75) is 58.7 Å². The smallest absolute Gasteiger partial charge is 0.219 e. The van der Waals surface area contributed by atoms with E-state index in [9.17, 15) is 4.79 Å². The molecule has 6 rings (SSSR count). The summed E-state index contributed by atoms with van der Waals surface area (Å²) in [4.78, 5) is 24.7. The lowest BCUT2D eigenvalue weighted by atomic mass is 9.99. The molecule has 0 saturated heterocycles. The van der Waals surface area contributed by atoms with Crippen molar-refractivity contribution in [3.05, 3.63) is 41.2 Å². The third-order valence-electron chi connectivity index (χ3n) is 7.00. The number of carbonyl (C=O) groups is 1.